The van der Waals surface area contributed by atoms with Crippen LogP contribution in [-0.2, 0) is 9.53 Å². The summed E-state index contributed by atoms with van der Waals surface area (Å²) >= 11 is 0. The van der Waals surface area contributed by atoms with Gasteiger partial charge in [0.1, 0.15) is 6.10 Å². The molecule has 50 valence electrons. The van der Waals surface area contributed by atoms with Crippen molar-refractivity contribution in [1.29, 1.82) is 0 Å². The molecule has 2 aliphatic carbocycles. The van der Waals surface area contributed by atoms with E-state index in [0.29, 0.717) is 6.47 Å². The summed E-state index contributed by atoms with van der Waals surface area (Å²) in [5.74, 6) is 1.82. The normalized spacial score (nSPS) is 46.0. The number of hydrogen-bond acceptors (Lipinski definition) is 2. The third-order valence-electron chi connectivity index (χ3n) is 2.45. The lowest BCUT2D eigenvalue weighted by Gasteiger charge is -2.07. The van der Waals surface area contributed by atoms with Gasteiger partial charge in [-0.2, -0.15) is 0 Å². The minimum absolute atomic E-state index is 0.270. The second-order valence-corrected chi connectivity index (χ2v) is 3.08. The lowest BCUT2D eigenvalue weighted by molar-refractivity contribution is -0.133. The SMILES string of the molecule is O=COC1CC2CC2C1. The molecule has 0 bridgehead atoms. The maximum Gasteiger partial charge on any atom is 0.293 e. The van der Waals surface area contributed by atoms with Crippen molar-refractivity contribution in [2.75, 3.05) is 0 Å². The van der Waals surface area contributed by atoms with Crippen LogP contribution in [0, 0.1) is 11.8 Å². The van der Waals surface area contributed by atoms with Gasteiger partial charge in [0.25, 0.3) is 6.47 Å². The lowest BCUT2D eigenvalue weighted by atomic mass is 10.2. The Morgan fingerprint density at radius 3 is 2.44 bits per heavy atom. The first kappa shape index (κ1) is 5.27. The largest absolute Gasteiger partial charge is 0.465 e. The van der Waals surface area contributed by atoms with E-state index in [9.17, 15) is 4.79 Å². The smallest absolute Gasteiger partial charge is 0.293 e. The molecule has 0 saturated heterocycles. The van der Waals surface area contributed by atoms with Crippen LogP contribution in [0.2, 0.25) is 0 Å². The molecule has 2 aliphatic rings. The zero-order chi connectivity index (χ0) is 6.27. The Kier molecular flexibility index (Phi) is 1.01. The van der Waals surface area contributed by atoms with Gasteiger partial charge in [-0.05, 0) is 31.1 Å². The van der Waals surface area contributed by atoms with Gasteiger partial charge in [0.2, 0.25) is 0 Å². The lowest BCUT2D eigenvalue weighted by Crippen LogP contribution is -2.08. The summed E-state index contributed by atoms with van der Waals surface area (Å²) in [6, 6.07) is 0. The third kappa shape index (κ3) is 0.824. The molecule has 0 radical (unpaired) electrons. The molecular formula is C7H10O2. The van der Waals surface area contributed by atoms with Crippen LogP contribution in [0.4, 0.5) is 0 Å². The monoisotopic (exact) mass is 126 g/mol. The van der Waals surface area contributed by atoms with Crippen molar-refractivity contribution < 1.29 is 9.53 Å². The van der Waals surface area contributed by atoms with Gasteiger partial charge in [-0.3, -0.25) is 4.79 Å². The molecule has 2 heteroatoms. The van der Waals surface area contributed by atoms with E-state index in [0.717, 1.165) is 24.7 Å². The number of carbonyl (C=O) groups excluding carboxylic acids is 1. The van der Waals surface area contributed by atoms with E-state index in [1.807, 2.05) is 0 Å². The van der Waals surface area contributed by atoms with E-state index in [1.54, 1.807) is 0 Å². The predicted octanol–water partition coefficient (Wildman–Crippen LogP) is 0.958. The van der Waals surface area contributed by atoms with E-state index in [2.05, 4.69) is 0 Å². The Balaban J connectivity index is 1.83. The van der Waals surface area contributed by atoms with Gasteiger partial charge in [-0.1, -0.05) is 0 Å². The highest BCUT2D eigenvalue weighted by molar-refractivity contribution is 5.37. The second kappa shape index (κ2) is 1.72. The Morgan fingerprint density at radius 2 is 1.89 bits per heavy atom. The summed E-state index contributed by atoms with van der Waals surface area (Å²) < 4.78 is 4.82. The molecule has 2 rings (SSSR count). The molecule has 0 amide bonds. The molecule has 0 N–H and O–H groups in total. The fourth-order valence-electron chi connectivity index (χ4n) is 1.85. The zero-order valence-corrected chi connectivity index (χ0v) is 5.25. The minimum Gasteiger partial charge on any atom is -0.465 e. The molecule has 2 saturated carbocycles. The van der Waals surface area contributed by atoms with Crippen LogP contribution in [0.15, 0.2) is 0 Å². The van der Waals surface area contributed by atoms with Gasteiger partial charge in [0.15, 0.2) is 0 Å². The highest BCUT2D eigenvalue weighted by atomic mass is 16.5. The van der Waals surface area contributed by atoms with Crippen LogP contribution < -0.4 is 0 Å². The summed E-state index contributed by atoms with van der Waals surface area (Å²) in [6.45, 7) is 0.579. The van der Waals surface area contributed by atoms with Crippen LogP contribution in [0.5, 0.6) is 0 Å². The van der Waals surface area contributed by atoms with E-state index in [1.165, 1.54) is 6.42 Å². The molecular weight excluding hydrogens is 116 g/mol. The minimum atomic E-state index is 0.270. The molecule has 0 heterocycles. The molecule has 0 aliphatic heterocycles. The molecule has 0 aromatic carbocycles. The standard InChI is InChI=1S/C7H10O2/c8-4-9-7-2-5-1-6(5)3-7/h4-7H,1-3H2. The van der Waals surface area contributed by atoms with Crippen LogP contribution in [0.25, 0.3) is 0 Å². The Morgan fingerprint density at radius 1 is 1.22 bits per heavy atom. The summed E-state index contributed by atoms with van der Waals surface area (Å²) in [7, 11) is 0. The quantitative estimate of drug-likeness (QED) is 0.515. The first-order valence-corrected chi connectivity index (χ1v) is 3.49. The fraction of sp³-hybridized carbons (Fsp3) is 0.857. The van der Waals surface area contributed by atoms with Crippen molar-refractivity contribution in [3.63, 3.8) is 0 Å². The van der Waals surface area contributed by atoms with Crippen LogP contribution in [0.1, 0.15) is 19.3 Å². The van der Waals surface area contributed by atoms with E-state index >= 15 is 0 Å². The first-order valence-electron chi connectivity index (χ1n) is 3.49. The van der Waals surface area contributed by atoms with Crippen molar-refractivity contribution >= 4 is 6.47 Å². The maximum atomic E-state index is 9.86. The number of ether oxygens (including phenoxy) is 1. The van der Waals surface area contributed by atoms with Crippen molar-refractivity contribution in [3.05, 3.63) is 0 Å². The fourth-order valence-corrected chi connectivity index (χ4v) is 1.85. The van der Waals surface area contributed by atoms with Gasteiger partial charge in [0, 0.05) is 0 Å². The molecule has 2 nitrogen and oxygen atoms in total. The molecule has 9 heavy (non-hydrogen) atoms. The average Bonchev–Trinajstić information content (AvgIpc) is 2.42. The van der Waals surface area contributed by atoms with Gasteiger partial charge in [-0.15, -0.1) is 0 Å². The Hall–Kier alpha value is -0.530. The van der Waals surface area contributed by atoms with Crippen molar-refractivity contribution in [1.82, 2.24) is 0 Å². The van der Waals surface area contributed by atoms with Gasteiger partial charge >= 0.3 is 0 Å². The van der Waals surface area contributed by atoms with Crippen LogP contribution in [-0.4, -0.2) is 12.6 Å². The molecule has 2 unspecified atom stereocenters. The van der Waals surface area contributed by atoms with Crippen LogP contribution >= 0.6 is 0 Å². The molecule has 2 atom stereocenters. The molecule has 0 aromatic rings. The molecule has 2 fully saturated rings. The number of hydrogen-bond donors (Lipinski definition) is 0. The predicted molar refractivity (Wildman–Crippen MR) is 31.8 cm³/mol. The average molecular weight is 126 g/mol. The summed E-state index contributed by atoms with van der Waals surface area (Å²) in [4.78, 5) is 9.86. The highest BCUT2D eigenvalue weighted by Crippen LogP contribution is 2.52. The van der Waals surface area contributed by atoms with E-state index in [4.69, 9.17) is 4.74 Å². The van der Waals surface area contributed by atoms with E-state index < -0.39 is 0 Å². The summed E-state index contributed by atoms with van der Waals surface area (Å²) in [6.07, 6.45) is 3.91. The number of rotatable bonds is 2. The first-order chi connectivity index (χ1) is 4.40. The van der Waals surface area contributed by atoms with Gasteiger partial charge in [0.05, 0.1) is 0 Å². The van der Waals surface area contributed by atoms with Crippen LogP contribution in [0.3, 0.4) is 0 Å². The zero-order valence-electron chi connectivity index (χ0n) is 5.25. The highest BCUT2D eigenvalue weighted by Gasteiger charge is 2.46. The second-order valence-electron chi connectivity index (χ2n) is 3.08. The van der Waals surface area contributed by atoms with Gasteiger partial charge < -0.3 is 4.74 Å². The topological polar surface area (TPSA) is 26.3 Å². The van der Waals surface area contributed by atoms with Crippen molar-refractivity contribution in [3.8, 4) is 0 Å². The molecule has 0 aromatic heterocycles. The summed E-state index contributed by atoms with van der Waals surface area (Å²) in [5, 5.41) is 0. The Bertz CT molecular complexity index is 123. The number of carbonyl (C=O) groups is 1. The summed E-state index contributed by atoms with van der Waals surface area (Å²) in [5.41, 5.74) is 0. The number of fused-ring (bicyclic) bond motifs is 1. The maximum absolute atomic E-state index is 9.86. The third-order valence-corrected chi connectivity index (χ3v) is 2.45. The van der Waals surface area contributed by atoms with Gasteiger partial charge in [-0.25, -0.2) is 0 Å². The van der Waals surface area contributed by atoms with E-state index in [-0.39, 0.29) is 6.10 Å². The Labute approximate surface area is 54.2 Å². The van der Waals surface area contributed by atoms with Crippen molar-refractivity contribution in [2.45, 2.75) is 25.4 Å². The molecule has 0 spiro atoms. The van der Waals surface area contributed by atoms with Crippen molar-refractivity contribution in [2.24, 2.45) is 11.8 Å².